The number of benzene rings is 1. The molecule has 1 aromatic heterocycles. The third kappa shape index (κ3) is 4.43. The zero-order valence-electron chi connectivity index (χ0n) is 11.6. The summed E-state index contributed by atoms with van der Waals surface area (Å²) < 4.78 is 7.57. The minimum absolute atomic E-state index is 0.810. The first-order valence-electron chi connectivity index (χ1n) is 7.13. The van der Waals surface area contributed by atoms with Crippen LogP contribution in [0.4, 0.5) is 0 Å². The summed E-state index contributed by atoms with van der Waals surface area (Å²) in [7, 11) is 0. The highest BCUT2D eigenvalue weighted by atomic mass is 16.5. The van der Waals surface area contributed by atoms with E-state index in [1.54, 1.807) is 6.20 Å². The molecule has 3 nitrogen and oxygen atoms in total. The first-order chi connectivity index (χ1) is 9.40. The smallest absolute Gasteiger partial charge is 0.119 e. The van der Waals surface area contributed by atoms with Crippen LogP contribution in [0, 0.1) is 0 Å². The third-order valence-electron chi connectivity index (χ3n) is 3.12. The lowest BCUT2D eigenvalue weighted by Gasteiger charge is -2.07. The van der Waals surface area contributed by atoms with Gasteiger partial charge in [-0.2, -0.15) is 5.10 Å². The first kappa shape index (κ1) is 13.7. The van der Waals surface area contributed by atoms with Gasteiger partial charge in [0.2, 0.25) is 0 Å². The van der Waals surface area contributed by atoms with Gasteiger partial charge in [0.1, 0.15) is 5.75 Å². The molecule has 0 saturated heterocycles. The average Bonchev–Trinajstić information content (AvgIpc) is 2.97. The number of rotatable bonds is 8. The van der Waals surface area contributed by atoms with Crippen molar-refractivity contribution in [1.29, 1.82) is 0 Å². The lowest BCUT2D eigenvalue weighted by Crippen LogP contribution is -1.98. The first-order valence-corrected chi connectivity index (χ1v) is 7.13. The van der Waals surface area contributed by atoms with Crippen molar-refractivity contribution in [2.24, 2.45) is 0 Å². The standard InChI is InChI=1S/C16H22N2O/c1-2-3-4-5-6-14-19-16-10-8-15(9-11-16)18-13-7-12-17-18/h7-13H,2-6,14H2,1H3. The van der Waals surface area contributed by atoms with Crippen molar-refractivity contribution in [3.63, 3.8) is 0 Å². The lowest BCUT2D eigenvalue weighted by atomic mass is 10.2. The molecule has 0 aliphatic heterocycles. The maximum absolute atomic E-state index is 5.73. The topological polar surface area (TPSA) is 27.1 Å². The molecule has 1 heterocycles. The summed E-state index contributed by atoms with van der Waals surface area (Å²) in [6.45, 7) is 3.04. The van der Waals surface area contributed by atoms with E-state index >= 15 is 0 Å². The zero-order chi connectivity index (χ0) is 13.3. The fourth-order valence-electron chi connectivity index (χ4n) is 2.01. The van der Waals surface area contributed by atoms with Gasteiger partial charge < -0.3 is 4.74 Å². The normalized spacial score (nSPS) is 10.6. The minimum atomic E-state index is 0.810. The molecule has 1 aromatic carbocycles. The molecule has 0 aliphatic carbocycles. The van der Waals surface area contributed by atoms with Crippen molar-refractivity contribution in [3.8, 4) is 11.4 Å². The van der Waals surface area contributed by atoms with Crippen LogP contribution >= 0.6 is 0 Å². The number of hydrogen-bond donors (Lipinski definition) is 0. The molecule has 0 fully saturated rings. The number of ether oxygens (including phenoxy) is 1. The Morgan fingerprint density at radius 2 is 1.84 bits per heavy atom. The summed E-state index contributed by atoms with van der Waals surface area (Å²) in [5.41, 5.74) is 1.06. The van der Waals surface area contributed by atoms with Gasteiger partial charge in [-0.3, -0.25) is 0 Å². The largest absolute Gasteiger partial charge is 0.494 e. The third-order valence-corrected chi connectivity index (χ3v) is 3.12. The summed E-state index contributed by atoms with van der Waals surface area (Å²) in [5, 5.41) is 4.20. The van der Waals surface area contributed by atoms with E-state index in [0.717, 1.165) is 24.5 Å². The Kier molecular flexibility index (Phi) is 5.48. The molecule has 102 valence electrons. The number of unbranched alkanes of at least 4 members (excludes halogenated alkanes) is 4. The quantitative estimate of drug-likeness (QED) is 0.663. The Bertz CT molecular complexity index is 448. The van der Waals surface area contributed by atoms with E-state index in [0.29, 0.717) is 0 Å². The van der Waals surface area contributed by atoms with Crippen molar-refractivity contribution in [3.05, 3.63) is 42.7 Å². The van der Waals surface area contributed by atoms with Crippen LogP contribution in [0.15, 0.2) is 42.7 Å². The molecule has 0 bridgehead atoms. The summed E-state index contributed by atoms with van der Waals surface area (Å²) in [6.07, 6.45) is 10.1. The molecule has 2 rings (SSSR count). The molecule has 3 heteroatoms. The Morgan fingerprint density at radius 1 is 1.05 bits per heavy atom. The average molecular weight is 258 g/mol. The fourth-order valence-corrected chi connectivity index (χ4v) is 2.01. The van der Waals surface area contributed by atoms with Gasteiger partial charge >= 0.3 is 0 Å². The van der Waals surface area contributed by atoms with E-state index < -0.39 is 0 Å². The van der Waals surface area contributed by atoms with Crippen LogP contribution in [0.2, 0.25) is 0 Å². The molecule has 0 spiro atoms. The highest BCUT2D eigenvalue weighted by Crippen LogP contribution is 2.15. The van der Waals surface area contributed by atoms with Crippen LogP contribution < -0.4 is 4.74 Å². The molecule has 0 saturated carbocycles. The van der Waals surface area contributed by atoms with Gasteiger partial charge in [0.25, 0.3) is 0 Å². The van der Waals surface area contributed by atoms with E-state index in [1.165, 1.54) is 25.7 Å². The Hall–Kier alpha value is -1.77. The minimum Gasteiger partial charge on any atom is -0.494 e. The summed E-state index contributed by atoms with van der Waals surface area (Å²) in [4.78, 5) is 0. The number of aromatic nitrogens is 2. The molecule has 0 unspecified atom stereocenters. The molecule has 19 heavy (non-hydrogen) atoms. The van der Waals surface area contributed by atoms with Crippen molar-refractivity contribution < 1.29 is 4.74 Å². The number of nitrogens with zero attached hydrogens (tertiary/aromatic N) is 2. The van der Waals surface area contributed by atoms with Crippen LogP contribution in [-0.4, -0.2) is 16.4 Å². The van der Waals surface area contributed by atoms with E-state index in [-0.39, 0.29) is 0 Å². The highest BCUT2D eigenvalue weighted by Gasteiger charge is 1.97. The summed E-state index contributed by atoms with van der Waals surface area (Å²) in [5.74, 6) is 0.936. The predicted octanol–water partition coefficient (Wildman–Crippen LogP) is 4.22. The van der Waals surface area contributed by atoms with Gasteiger partial charge in [-0.25, -0.2) is 4.68 Å². The Morgan fingerprint density at radius 3 is 2.53 bits per heavy atom. The van der Waals surface area contributed by atoms with E-state index in [4.69, 9.17) is 4.74 Å². The molecule has 0 aliphatic rings. The van der Waals surface area contributed by atoms with Crippen molar-refractivity contribution >= 4 is 0 Å². The van der Waals surface area contributed by atoms with Gasteiger partial charge in [0.05, 0.1) is 12.3 Å². The van der Waals surface area contributed by atoms with Crippen LogP contribution in [0.3, 0.4) is 0 Å². The molecule has 0 radical (unpaired) electrons. The lowest BCUT2D eigenvalue weighted by molar-refractivity contribution is 0.304. The van der Waals surface area contributed by atoms with E-state index in [1.807, 2.05) is 41.2 Å². The fraction of sp³-hybridized carbons (Fsp3) is 0.438. The van der Waals surface area contributed by atoms with E-state index in [2.05, 4.69) is 12.0 Å². The maximum Gasteiger partial charge on any atom is 0.119 e. The molecule has 0 amide bonds. The monoisotopic (exact) mass is 258 g/mol. The second-order valence-corrected chi connectivity index (χ2v) is 4.71. The summed E-state index contributed by atoms with van der Waals surface area (Å²) in [6, 6.07) is 9.98. The van der Waals surface area contributed by atoms with Gasteiger partial charge in [-0.1, -0.05) is 32.6 Å². The molecular weight excluding hydrogens is 236 g/mol. The van der Waals surface area contributed by atoms with Crippen LogP contribution in [-0.2, 0) is 0 Å². The highest BCUT2D eigenvalue weighted by molar-refractivity contribution is 5.36. The van der Waals surface area contributed by atoms with Crippen LogP contribution in [0.5, 0.6) is 5.75 Å². The van der Waals surface area contributed by atoms with Gasteiger partial charge in [-0.05, 0) is 36.8 Å². The predicted molar refractivity (Wildman–Crippen MR) is 77.8 cm³/mol. The van der Waals surface area contributed by atoms with Crippen molar-refractivity contribution in [1.82, 2.24) is 9.78 Å². The zero-order valence-corrected chi connectivity index (χ0v) is 11.6. The van der Waals surface area contributed by atoms with Crippen molar-refractivity contribution in [2.45, 2.75) is 39.0 Å². The molecular formula is C16H22N2O. The van der Waals surface area contributed by atoms with Crippen molar-refractivity contribution in [2.75, 3.05) is 6.61 Å². The summed E-state index contributed by atoms with van der Waals surface area (Å²) >= 11 is 0. The molecule has 2 aromatic rings. The second kappa shape index (κ2) is 7.62. The van der Waals surface area contributed by atoms with Gasteiger partial charge in [0, 0.05) is 12.4 Å². The van der Waals surface area contributed by atoms with Crippen LogP contribution in [0.25, 0.3) is 5.69 Å². The SMILES string of the molecule is CCCCCCCOc1ccc(-n2cccn2)cc1. The number of hydrogen-bond acceptors (Lipinski definition) is 2. The van der Waals surface area contributed by atoms with E-state index in [9.17, 15) is 0 Å². The molecule has 0 N–H and O–H groups in total. The Labute approximate surface area is 115 Å². The second-order valence-electron chi connectivity index (χ2n) is 4.71. The Balaban J connectivity index is 1.73. The maximum atomic E-state index is 5.73. The van der Waals surface area contributed by atoms with Gasteiger partial charge in [-0.15, -0.1) is 0 Å². The van der Waals surface area contributed by atoms with Gasteiger partial charge in [0.15, 0.2) is 0 Å². The van der Waals surface area contributed by atoms with Crippen LogP contribution in [0.1, 0.15) is 39.0 Å². The molecule has 0 atom stereocenters.